The number of rotatable bonds is 4. The minimum atomic E-state index is -3.66. The van der Waals surface area contributed by atoms with Crippen molar-refractivity contribution in [1.82, 2.24) is 0 Å². The molecule has 0 aliphatic heterocycles. The van der Waals surface area contributed by atoms with E-state index in [0.29, 0.717) is 5.56 Å². The topological polar surface area (TPSA) is 77.2 Å². The van der Waals surface area contributed by atoms with Crippen molar-refractivity contribution in [1.29, 1.82) is 0 Å². The molecule has 1 aromatic carbocycles. The first-order valence-corrected chi connectivity index (χ1v) is 6.21. The molecule has 0 fully saturated rings. The van der Waals surface area contributed by atoms with Gasteiger partial charge in [0.1, 0.15) is 0 Å². The lowest BCUT2D eigenvalue weighted by Gasteiger charge is -2.00. The Bertz CT molecular complexity index is 453. The molecular formula is C9H10ClNO3S. The molecule has 0 spiro atoms. The third-order valence-electron chi connectivity index (χ3n) is 1.80. The van der Waals surface area contributed by atoms with Crippen LogP contribution in [-0.4, -0.2) is 20.1 Å². The van der Waals surface area contributed by atoms with Crippen LogP contribution in [0.1, 0.15) is 5.56 Å². The molecule has 0 heterocycles. The number of halogens is 1. The zero-order valence-corrected chi connectivity index (χ0v) is 9.38. The summed E-state index contributed by atoms with van der Waals surface area (Å²) in [5, 5.41) is 4.92. The second-order valence-corrected chi connectivity index (χ2v) is 4.87. The number of nitrogens with two attached hydrogens (primary N) is 1. The second kappa shape index (κ2) is 4.74. The molecule has 1 rings (SSSR count). The minimum Gasteiger partial charge on any atom is -0.298 e. The third-order valence-corrected chi connectivity index (χ3v) is 3.03. The molecular weight excluding hydrogens is 238 g/mol. The number of carbonyl (C=O) groups is 1. The fourth-order valence-corrected chi connectivity index (χ4v) is 1.68. The van der Waals surface area contributed by atoms with E-state index in [2.05, 4.69) is 0 Å². The molecule has 2 N–H and O–H groups in total. The van der Waals surface area contributed by atoms with E-state index in [1.54, 1.807) is 12.1 Å². The number of Topliss-reactive ketones (excluding diaryl/α,β-unsaturated/α-hetero) is 1. The number of ketones is 1. The van der Waals surface area contributed by atoms with Crippen LogP contribution in [0.4, 0.5) is 0 Å². The van der Waals surface area contributed by atoms with Crippen LogP contribution in [0.15, 0.2) is 29.2 Å². The van der Waals surface area contributed by atoms with Crippen LogP contribution in [0, 0.1) is 0 Å². The Morgan fingerprint density at radius 3 is 2.20 bits per heavy atom. The lowest BCUT2D eigenvalue weighted by Crippen LogP contribution is -2.12. The van der Waals surface area contributed by atoms with Gasteiger partial charge in [0, 0.05) is 6.42 Å². The highest BCUT2D eigenvalue weighted by atomic mass is 35.5. The zero-order valence-electron chi connectivity index (χ0n) is 7.81. The lowest BCUT2D eigenvalue weighted by molar-refractivity contribution is -0.116. The van der Waals surface area contributed by atoms with Gasteiger partial charge in [-0.15, -0.1) is 11.6 Å². The number of primary sulfonamides is 1. The van der Waals surface area contributed by atoms with Crippen LogP contribution in [-0.2, 0) is 21.2 Å². The Balaban J connectivity index is 2.86. The van der Waals surface area contributed by atoms with Crippen molar-refractivity contribution in [3.8, 4) is 0 Å². The maximum absolute atomic E-state index is 11.0. The molecule has 82 valence electrons. The minimum absolute atomic E-state index is 0.0320. The number of hydrogen-bond acceptors (Lipinski definition) is 3. The summed E-state index contributed by atoms with van der Waals surface area (Å²) in [6, 6.07) is 5.83. The van der Waals surface area contributed by atoms with Gasteiger partial charge in [-0.05, 0) is 17.7 Å². The first-order valence-electron chi connectivity index (χ1n) is 4.13. The van der Waals surface area contributed by atoms with E-state index in [1.807, 2.05) is 0 Å². The Kier molecular flexibility index (Phi) is 3.84. The largest absolute Gasteiger partial charge is 0.298 e. The van der Waals surface area contributed by atoms with Crippen LogP contribution in [0.5, 0.6) is 0 Å². The van der Waals surface area contributed by atoms with Crippen LogP contribution in [0.2, 0.25) is 0 Å². The van der Waals surface area contributed by atoms with Gasteiger partial charge in [0.25, 0.3) is 0 Å². The molecule has 0 bridgehead atoms. The molecule has 0 aromatic heterocycles. The molecule has 0 unspecified atom stereocenters. The van der Waals surface area contributed by atoms with Gasteiger partial charge in [0.2, 0.25) is 10.0 Å². The Morgan fingerprint density at radius 1 is 1.27 bits per heavy atom. The van der Waals surface area contributed by atoms with Gasteiger partial charge < -0.3 is 0 Å². The van der Waals surface area contributed by atoms with E-state index in [4.69, 9.17) is 16.7 Å². The van der Waals surface area contributed by atoms with E-state index in [0.717, 1.165) is 0 Å². The predicted molar refractivity (Wildman–Crippen MR) is 57.2 cm³/mol. The third kappa shape index (κ3) is 3.62. The first kappa shape index (κ1) is 12.2. The number of carbonyl (C=O) groups excluding carboxylic acids is 1. The van der Waals surface area contributed by atoms with Crippen molar-refractivity contribution in [3.63, 3.8) is 0 Å². The fraction of sp³-hybridized carbons (Fsp3) is 0.222. The summed E-state index contributed by atoms with van der Waals surface area (Å²) < 4.78 is 21.8. The highest BCUT2D eigenvalue weighted by Crippen LogP contribution is 2.09. The van der Waals surface area contributed by atoms with E-state index in [9.17, 15) is 13.2 Å². The summed E-state index contributed by atoms with van der Waals surface area (Å²) in [7, 11) is -3.66. The van der Waals surface area contributed by atoms with E-state index < -0.39 is 10.0 Å². The molecule has 0 saturated heterocycles. The van der Waals surface area contributed by atoms with Gasteiger partial charge in [-0.3, -0.25) is 4.79 Å². The smallest absolute Gasteiger partial charge is 0.238 e. The Hall–Kier alpha value is -0.910. The highest BCUT2D eigenvalue weighted by Gasteiger charge is 2.07. The van der Waals surface area contributed by atoms with E-state index in [1.165, 1.54) is 12.1 Å². The molecule has 1 aromatic rings. The van der Waals surface area contributed by atoms with Gasteiger partial charge in [-0.1, -0.05) is 12.1 Å². The van der Waals surface area contributed by atoms with E-state index >= 15 is 0 Å². The number of alkyl halides is 1. The highest BCUT2D eigenvalue weighted by molar-refractivity contribution is 7.89. The first-order chi connectivity index (χ1) is 6.93. The predicted octanol–water partition coefficient (Wildman–Crippen LogP) is 0.684. The zero-order chi connectivity index (χ0) is 11.5. The molecule has 15 heavy (non-hydrogen) atoms. The molecule has 0 radical (unpaired) electrons. The van der Waals surface area contributed by atoms with Crippen LogP contribution in [0.25, 0.3) is 0 Å². The summed E-state index contributed by atoms with van der Waals surface area (Å²) in [5.41, 5.74) is 0.716. The van der Waals surface area contributed by atoms with Crippen molar-refractivity contribution in [2.24, 2.45) is 5.14 Å². The molecule has 6 heteroatoms. The molecule has 0 aliphatic rings. The summed E-state index contributed by atoms with van der Waals surface area (Å²) in [5.74, 6) is -0.156. The van der Waals surface area contributed by atoms with Crippen molar-refractivity contribution in [2.45, 2.75) is 11.3 Å². The summed E-state index contributed by atoms with van der Waals surface area (Å²) in [6.07, 6.45) is 0.203. The standard InChI is InChI=1S/C9H10ClNO3S/c10-6-8(12)5-7-1-3-9(4-2-7)15(11,13)14/h1-4H,5-6H2,(H2,11,13,14). The van der Waals surface area contributed by atoms with Crippen LogP contribution >= 0.6 is 11.6 Å². The fourth-order valence-electron chi connectivity index (χ4n) is 1.07. The normalized spacial score (nSPS) is 11.3. The van der Waals surface area contributed by atoms with Crippen LogP contribution < -0.4 is 5.14 Å². The summed E-state index contributed by atoms with van der Waals surface area (Å²) >= 11 is 5.34. The second-order valence-electron chi connectivity index (χ2n) is 3.04. The number of benzene rings is 1. The van der Waals surface area contributed by atoms with Crippen LogP contribution in [0.3, 0.4) is 0 Å². The molecule has 0 amide bonds. The quantitative estimate of drug-likeness (QED) is 0.795. The van der Waals surface area contributed by atoms with Gasteiger partial charge in [-0.25, -0.2) is 13.6 Å². The Labute approximate surface area is 93.1 Å². The van der Waals surface area contributed by atoms with Gasteiger partial charge in [0.15, 0.2) is 5.78 Å². The molecule has 0 atom stereocenters. The molecule has 0 saturated carbocycles. The average Bonchev–Trinajstić information content (AvgIpc) is 2.17. The molecule has 4 nitrogen and oxygen atoms in total. The lowest BCUT2D eigenvalue weighted by atomic mass is 10.1. The van der Waals surface area contributed by atoms with Gasteiger partial charge in [0.05, 0.1) is 10.8 Å². The SMILES string of the molecule is NS(=O)(=O)c1ccc(CC(=O)CCl)cc1. The van der Waals surface area contributed by atoms with Crippen molar-refractivity contribution >= 4 is 27.4 Å². The maximum atomic E-state index is 11.0. The monoisotopic (exact) mass is 247 g/mol. The maximum Gasteiger partial charge on any atom is 0.238 e. The Morgan fingerprint density at radius 2 is 1.80 bits per heavy atom. The van der Waals surface area contributed by atoms with Crippen molar-refractivity contribution in [2.75, 3.05) is 5.88 Å². The number of sulfonamides is 1. The van der Waals surface area contributed by atoms with Gasteiger partial charge in [-0.2, -0.15) is 0 Å². The summed E-state index contributed by atoms with van der Waals surface area (Å²) in [6.45, 7) is 0. The molecule has 0 aliphatic carbocycles. The number of hydrogen-bond donors (Lipinski definition) is 1. The van der Waals surface area contributed by atoms with Crippen molar-refractivity contribution in [3.05, 3.63) is 29.8 Å². The van der Waals surface area contributed by atoms with Crippen molar-refractivity contribution < 1.29 is 13.2 Å². The van der Waals surface area contributed by atoms with E-state index in [-0.39, 0.29) is 23.0 Å². The van der Waals surface area contributed by atoms with Gasteiger partial charge >= 0.3 is 0 Å². The summed E-state index contributed by atoms with van der Waals surface area (Å²) in [4.78, 5) is 11.0. The average molecular weight is 248 g/mol.